The van der Waals surface area contributed by atoms with Crippen molar-refractivity contribution in [1.82, 2.24) is 15.1 Å². The molecule has 5 heteroatoms. The van der Waals surface area contributed by atoms with E-state index in [1.54, 1.807) is 7.11 Å². The van der Waals surface area contributed by atoms with Crippen LogP contribution < -0.4 is 4.74 Å². The third-order valence-electron chi connectivity index (χ3n) is 4.95. The number of hydrogen-bond donors (Lipinski definition) is 1. The number of benzene rings is 1. The number of H-pyrrole nitrogens is 1. The molecule has 1 aromatic carbocycles. The average Bonchev–Trinajstić information content (AvgIpc) is 3.18. The number of ether oxygens (including phenoxy) is 1. The van der Waals surface area contributed by atoms with E-state index in [4.69, 9.17) is 9.15 Å². The highest BCUT2D eigenvalue weighted by atomic mass is 16.5. The van der Waals surface area contributed by atoms with Crippen LogP contribution in [0.1, 0.15) is 28.3 Å². The zero-order valence-corrected chi connectivity index (χ0v) is 14.9. The fourth-order valence-electron chi connectivity index (χ4n) is 3.44. The van der Waals surface area contributed by atoms with Crippen LogP contribution >= 0.6 is 0 Å². The first kappa shape index (κ1) is 16.0. The highest BCUT2D eigenvalue weighted by Crippen LogP contribution is 2.31. The molecule has 0 aliphatic carbocycles. The standard InChI is InChI=1S/C20H23N3O2/c1-13-9-17(25-14(13)2)11-23-8-7-19-18(12-23)20(22-21-19)15-5-4-6-16(10-15)24-3/h4-6,9-10H,7-8,11-12H2,1-3H3,(H,21,22). The number of aromatic amines is 1. The number of aromatic nitrogens is 2. The zero-order chi connectivity index (χ0) is 17.4. The Morgan fingerprint density at radius 2 is 2.16 bits per heavy atom. The number of hydrogen-bond acceptors (Lipinski definition) is 4. The largest absolute Gasteiger partial charge is 0.497 e. The lowest BCUT2D eigenvalue weighted by Crippen LogP contribution is -2.29. The molecule has 0 spiro atoms. The first-order valence-electron chi connectivity index (χ1n) is 8.63. The fourth-order valence-corrected chi connectivity index (χ4v) is 3.44. The van der Waals surface area contributed by atoms with Crippen molar-refractivity contribution in [3.8, 4) is 17.0 Å². The van der Waals surface area contributed by atoms with Gasteiger partial charge in [-0.25, -0.2) is 0 Å². The van der Waals surface area contributed by atoms with Gasteiger partial charge in [-0.05, 0) is 37.6 Å². The van der Waals surface area contributed by atoms with Gasteiger partial charge in [-0.15, -0.1) is 0 Å². The molecule has 2 aromatic heterocycles. The fraction of sp³-hybridized carbons (Fsp3) is 0.350. The summed E-state index contributed by atoms with van der Waals surface area (Å²) in [5.41, 5.74) is 5.84. The maximum atomic E-state index is 5.85. The van der Waals surface area contributed by atoms with Crippen LogP contribution in [0.3, 0.4) is 0 Å². The van der Waals surface area contributed by atoms with Gasteiger partial charge in [-0.3, -0.25) is 10.00 Å². The van der Waals surface area contributed by atoms with E-state index in [-0.39, 0.29) is 0 Å². The normalized spacial score (nSPS) is 14.5. The quantitative estimate of drug-likeness (QED) is 0.785. The van der Waals surface area contributed by atoms with E-state index in [9.17, 15) is 0 Å². The Labute approximate surface area is 147 Å². The lowest BCUT2D eigenvalue weighted by Gasteiger charge is -2.26. The van der Waals surface area contributed by atoms with E-state index in [0.717, 1.165) is 54.6 Å². The molecule has 3 aromatic rings. The Morgan fingerprint density at radius 1 is 1.28 bits per heavy atom. The van der Waals surface area contributed by atoms with E-state index in [2.05, 4.69) is 34.2 Å². The number of fused-ring (bicyclic) bond motifs is 1. The van der Waals surface area contributed by atoms with Crippen molar-refractivity contribution in [1.29, 1.82) is 0 Å². The Bertz CT molecular complexity index is 875. The summed E-state index contributed by atoms with van der Waals surface area (Å²) in [5, 5.41) is 7.79. The monoisotopic (exact) mass is 337 g/mol. The van der Waals surface area contributed by atoms with Gasteiger partial charge in [0.05, 0.1) is 19.3 Å². The van der Waals surface area contributed by atoms with E-state index in [1.165, 1.54) is 16.8 Å². The van der Waals surface area contributed by atoms with Crippen LogP contribution in [0.5, 0.6) is 5.75 Å². The van der Waals surface area contributed by atoms with Crippen molar-refractivity contribution in [2.45, 2.75) is 33.4 Å². The topological polar surface area (TPSA) is 54.3 Å². The van der Waals surface area contributed by atoms with Gasteiger partial charge < -0.3 is 9.15 Å². The molecule has 1 aliphatic rings. The molecule has 0 radical (unpaired) electrons. The van der Waals surface area contributed by atoms with Crippen LogP contribution in [-0.4, -0.2) is 28.8 Å². The second-order valence-electron chi connectivity index (χ2n) is 6.67. The highest BCUT2D eigenvalue weighted by molar-refractivity contribution is 5.65. The number of aryl methyl sites for hydroxylation is 2. The summed E-state index contributed by atoms with van der Waals surface area (Å²) in [4.78, 5) is 2.42. The van der Waals surface area contributed by atoms with Gasteiger partial charge >= 0.3 is 0 Å². The van der Waals surface area contributed by atoms with Crippen LogP contribution in [0.4, 0.5) is 0 Å². The Morgan fingerprint density at radius 3 is 2.92 bits per heavy atom. The molecule has 1 N–H and O–H groups in total. The van der Waals surface area contributed by atoms with Gasteiger partial charge in [0.1, 0.15) is 17.3 Å². The van der Waals surface area contributed by atoms with Crippen molar-refractivity contribution in [2.24, 2.45) is 0 Å². The Kier molecular flexibility index (Phi) is 4.09. The van der Waals surface area contributed by atoms with Crippen molar-refractivity contribution >= 4 is 0 Å². The van der Waals surface area contributed by atoms with Crippen molar-refractivity contribution in [3.63, 3.8) is 0 Å². The number of methoxy groups -OCH3 is 1. The third-order valence-corrected chi connectivity index (χ3v) is 4.95. The highest BCUT2D eigenvalue weighted by Gasteiger charge is 2.23. The summed E-state index contributed by atoms with van der Waals surface area (Å²) >= 11 is 0. The molecule has 0 bridgehead atoms. The van der Waals surface area contributed by atoms with Crippen LogP contribution in [-0.2, 0) is 19.5 Å². The first-order chi connectivity index (χ1) is 12.1. The van der Waals surface area contributed by atoms with Gasteiger partial charge in [0.2, 0.25) is 0 Å². The minimum absolute atomic E-state index is 0.830. The minimum atomic E-state index is 0.830. The zero-order valence-electron chi connectivity index (χ0n) is 14.9. The molecule has 130 valence electrons. The van der Waals surface area contributed by atoms with Crippen molar-refractivity contribution < 1.29 is 9.15 Å². The molecule has 25 heavy (non-hydrogen) atoms. The van der Waals surface area contributed by atoms with Crippen molar-refractivity contribution in [2.75, 3.05) is 13.7 Å². The Hall–Kier alpha value is -2.53. The molecular weight excluding hydrogens is 314 g/mol. The molecule has 5 nitrogen and oxygen atoms in total. The number of furan rings is 1. The minimum Gasteiger partial charge on any atom is -0.497 e. The van der Waals surface area contributed by atoms with Gasteiger partial charge in [0, 0.05) is 36.3 Å². The number of nitrogens with zero attached hydrogens (tertiary/aromatic N) is 2. The molecule has 4 rings (SSSR count). The van der Waals surface area contributed by atoms with Crippen LogP contribution in [0, 0.1) is 13.8 Å². The van der Waals surface area contributed by atoms with E-state index in [1.807, 2.05) is 25.1 Å². The first-order valence-corrected chi connectivity index (χ1v) is 8.63. The van der Waals surface area contributed by atoms with Gasteiger partial charge in [-0.2, -0.15) is 5.10 Å². The molecule has 0 saturated carbocycles. The molecule has 0 amide bonds. The SMILES string of the molecule is COc1cccc(-c2n[nH]c3c2CN(Cc2cc(C)c(C)o2)CC3)c1. The maximum Gasteiger partial charge on any atom is 0.119 e. The van der Waals surface area contributed by atoms with E-state index < -0.39 is 0 Å². The maximum absolute atomic E-state index is 5.85. The third kappa shape index (κ3) is 3.07. The molecule has 1 aliphatic heterocycles. The molecule has 0 unspecified atom stereocenters. The number of rotatable bonds is 4. The predicted octanol–water partition coefficient (Wildman–Crippen LogP) is 3.85. The van der Waals surface area contributed by atoms with E-state index in [0.29, 0.717) is 0 Å². The van der Waals surface area contributed by atoms with Gasteiger partial charge in [-0.1, -0.05) is 12.1 Å². The van der Waals surface area contributed by atoms with Gasteiger partial charge in [0.25, 0.3) is 0 Å². The van der Waals surface area contributed by atoms with Crippen LogP contribution in [0.15, 0.2) is 34.7 Å². The molecule has 0 saturated heterocycles. The second-order valence-corrected chi connectivity index (χ2v) is 6.67. The number of nitrogens with one attached hydrogen (secondary N) is 1. The summed E-state index contributed by atoms with van der Waals surface area (Å²) in [6.07, 6.45) is 0.977. The van der Waals surface area contributed by atoms with Crippen molar-refractivity contribution in [3.05, 3.63) is 58.7 Å². The summed E-state index contributed by atoms with van der Waals surface area (Å²) < 4.78 is 11.2. The van der Waals surface area contributed by atoms with E-state index >= 15 is 0 Å². The summed E-state index contributed by atoms with van der Waals surface area (Å²) in [6, 6.07) is 10.2. The predicted molar refractivity (Wildman–Crippen MR) is 96.6 cm³/mol. The summed E-state index contributed by atoms with van der Waals surface area (Å²) in [6.45, 7) is 6.82. The van der Waals surface area contributed by atoms with Crippen LogP contribution in [0.2, 0.25) is 0 Å². The van der Waals surface area contributed by atoms with Crippen LogP contribution in [0.25, 0.3) is 11.3 Å². The smallest absolute Gasteiger partial charge is 0.119 e. The lowest BCUT2D eigenvalue weighted by molar-refractivity contribution is 0.224. The second kappa shape index (κ2) is 6.41. The molecule has 0 fully saturated rings. The molecule has 3 heterocycles. The van der Waals surface area contributed by atoms with Gasteiger partial charge in [0.15, 0.2) is 0 Å². The Balaban J connectivity index is 1.58. The lowest BCUT2D eigenvalue weighted by atomic mass is 10.0. The summed E-state index contributed by atoms with van der Waals surface area (Å²) in [7, 11) is 1.69. The average molecular weight is 337 g/mol. The summed E-state index contributed by atoms with van der Waals surface area (Å²) in [5.74, 6) is 2.89. The molecular formula is C20H23N3O2. The molecule has 0 atom stereocenters.